The molecule has 2 saturated heterocycles. The van der Waals surface area contributed by atoms with Gasteiger partial charge in [0.15, 0.2) is 15.7 Å². The summed E-state index contributed by atoms with van der Waals surface area (Å²) in [7, 11) is -2.14. The van der Waals surface area contributed by atoms with E-state index >= 15 is 0 Å². The number of methoxy groups -OCH3 is 1. The van der Waals surface area contributed by atoms with E-state index < -0.39 is 21.3 Å². The van der Waals surface area contributed by atoms with E-state index in [1.54, 1.807) is 4.90 Å². The fourth-order valence-corrected chi connectivity index (χ4v) is 5.39. The van der Waals surface area contributed by atoms with Crippen molar-refractivity contribution in [3.63, 3.8) is 0 Å². The Morgan fingerprint density at radius 2 is 1.89 bits per heavy atom. The third-order valence-corrected chi connectivity index (χ3v) is 8.04. The molecule has 4 rings (SSSR count). The molecule has 1 aromatic heterocycles. The van der Waals surface area contributed by atoms with Crippen LogP contribution in [0.5, 0.6) is 11.6 Å². The summed E-state index contributed by atoms with van der Waals surface area (Å²) >= 11 is 0. The average molecular weight is 553 g/mol. The molecule has 2 unspecified atom stereocenters. The highest BCUT2D eigenvalue weighted by molar-refractivity contribution is 7.91. The highest BCUT2D eigenvalue weighted by Gasteiger charge is 2.45. The van der Waals surface area contributed by atoms with Gasteiger partial charge in [0.2, 0.25) is 5.75 Å². The number of sulfone groups is 1. The van der Waals surface area contributed by atoms with Crippen LogP contribution in [0, 0.1) is 17.7 Å². The number of hydrogen-bond acceptors (Lipinski definition) is 10. The van der Waals surface area contributed by atoms with Crippen molar-refractivity contribution in [2.24, 2.45) is 11.8 Å². The number of rotatable bonds is 7. The summed E-state index contributed by atoms with van der Waals surface area (Å²) in [5.74, 6) is -0.690. The van der Waals surface area contributed by atoms with E-state index in [0.717, 1.165) is 6.07 Å². The third kappa shape index (κ3) is 6.09. The fourth-order valence-electron chi connectivity index (χ4n) is 4.50. The molecule has 3 heterocycles. The maximum atomic E-state index is 14.8. The Kier molecular flexibility index (Phi) is 7.98. The summed E-state index contributed by atoms with van der Waals surface area (Å²) in [4.78, 5) is 22.6. The van der Waals surface area contributed by atoms with Crippen LogP contribution in [0.15, 0.2) is 29.4 Å². The molecule has 11 nitrogen and oxygen atoms in total. The Labute approximate surface area is 221 Å². The number of halogens is 1. The van der Waals surface area contributed by atoms with Crippen molar-refractivity contribution in [1.82, 2.24) is 14.9 Å². The quantitative estimate of drug-likeness (QED) is 0.545. The Morgan fingerprint density at radius 3 is 2.47 bits per heavy atom. The van der Waals surface area contributed by atoms with Crippen molar-refractivity contribution in [3.8, 4) is 11.6 Å². The maximum Gasteiger partial charge on any atom is 0.410 e. The van der Waals surface area contributed by atoms with Crippen LogP contribution in [-0.2, 0) is 19.3 Å². The van der Waals surface area contributed by atoms with Crippen LogP contribution in [0.3, 0.4) is 0 Å². The van der Waals surface area contributed by atoms with Crippen molar-refractivity contribution < 1.29 is 36.6 Å². The zero-order valence-electron chi connectivity index (χ0n) is 22.1. The molecule has 0 radical (unpaired) electrons. The van der Waals surface area contributed by atoms with E-state index in [2.05, 4.69) is 15.3 Å². The second-order valence-corrected chi connectivity index (χ2v) is 12.5. The zero-order chi connectivity index (χ0) is 27.7. The van der Waals surface area contributed by atoms with Crippen molar-refractivity contribution in [2.75, 3.05) is 44.5 Å². The van der Waals surface area contributed by atoms with Gasteiger partial charge in [0.05, 0.1) is 36.7 Å². The lowest BCUT2D eigenvalue weighted by Gasteiger charge is -2.46. The predicted molar refractivity (Wildman–Crippen MR) is 136 cm³/mol. The molecule has 38 heavy (non-hydrogen) atoms. The molecule has 0 spiro atoms. The SMILES string of the molecule is CCS(=O)(=O)c1ccc(Nc2ncnc(OC3C4COCC3CN(C(=O)OC(C)(C)C)C4)c2OC)c(F)c1. The van der Waals surface area contributed by atoms with Gasteiger partial charge in [-0.2, -0.15) is 4.98 Å². The molecule has 2 atom stereocenters. The molecule has 2 bridgehead atoms. The molecular formula is C25H33FN4O7S. The van der Waals surface area contributed by atoms with Gasteiger partial charge in [-0.05, 0) is 39.0 Å². The van der Waals surface area contributed by atoms with Gasteiger partial charge in [-0.25, -0.2) is 22.6 Å². The molecular weight excluding hydrogens is 519 g/mol. The average Bonchev–Trinajstić information content (AvgIpc) is 2.84. The number of nitrogens with one attached hydrogen (secondary N) is 1. The first-order valence-electron chi connectivity index (χ1n) is 12.3. The zero-order valence-corrected chi connectivity index (χ0v) is 22.9. The number of ether oxygens (including phenoxy) is 4. The standard InChI is InChI=1S/C25H33FN4O7S/c1-6-38(32,33)17-7-8-19(18(26)9-17)29-22-21(34-5)23(28-14-27-22)36-20-15-10-30(11-16(20)13-35-12-15)24(31)37-25(2,3)4/h7-9,14-16,20H,6,10-13H2,1-5H3,(H,27,28,29). The lowest BCUT2D eigenvalue weighted by atomic mass is 9.84. The van der Waals surface area contributed by atoms with Crippen molar-refractivity contribution in [3.05, 3.63) is 30.3 Å². The van der Waals surface area contributed by atoms with Gasteiger partial charge in [0.1, 0.15) is 23.8 Å². The summed E-state index contributed by atoms with van der Waals surface area (Å²) in [6.07, 6.45) is 0.573. The van der Waals surface area contributed by atoms with Crippen molar-refractivity contribution in [2.45, 2.75) is 44.3 Å². The lowest BCUT2D eigenvalue weighted by molar-refractivity contribution is -0.113. The molecule has 0 aliphatic carbocycles. The molecule has 1 N–H and O–H groups in total. The van der Waals surface area contributed by atoms with Crippen LogP contribution in [-0.4, -0.2) is 80.2 Å². The monoisotopic (exact) mass is 552 g/mol. The molecule has 2 aromatic rings. The minimum atomic E-state index is -3.55. The van der Waals surface area contributed by atoms with E-state index in [1.807, 2.05) is 20.8 Å². The number of likely N-dealkylation sites (tertiary alicyclic amines) is 1. The van der Waals surface area contributed by atoms with E-state index in [0.29, 0.717) is 26.3 Å². The number of carbonyl (C=O) groups excluding carboxylic acids is 1. The number of carbonyl (C=O) groups is 1. The Balaban J connectivity index is 1.53. The summed E-state index contributed by atoms with van der Waals surface area (Å²) in [6.45, 7) is 8.56. The van der Waals surface area contributed by atoms with Gasteiger partial charge in [-0.1, -0.05) is 6.92 Å². The minimum absolute atomic E-state index is 0.0129. The molecule has 2 fully saturated rings. The van der Waals surface area contributed by atoms with Crippen LogP contribution >= 0.6 is 0 Å². The highest BCUT2D eigenvalue weighted by atomic mass is 32.2. The number of aromatic nitrogens is 2. The summed E-state index contributed by atoms with van der Waals surface area (Å²) in [6, 6.07) is 3.62. The van der Waals surface area contributed by atoms with Gasteiger partial charge in [-0.15, -0.1) is 0 Å². The number of piperidine rings is 1. The van der Waals surface area contributed by atoms with Gasteiger partial charge in [0.25, 0.3) is 5.88 Å². The van der Waals surface area contributed by atoms with Crippen molar-refractivity contribution in [1.29, 1.82) is 0 Å². The summed E-state index contributed by atoms with van der Waals surface area (Å²) in [5, 5.41) is 2.84. The van der Waals surface area contributed by atoms with Gasteiger partial charge >= 0.3 is 6.09 Å². The van der Waals surface area contributed by atoms with Crippen LogP contribution in [0.4, 0.5) is 20.7 Å². The third-order valence-electron chi connectivity index (χ3n) is 6.31. The molecule has 13 heteroatoms. The molecule has 1 aromatic carbocycles. The van der Waals surface area contributed by atoms with E-state index in [1.165, 1.54) is 32.5 Å². The van der Waals surface area contributed by atoms with Gasteiger partial charge in [-0.3, -0.25) is 0 Å². The second kappa shape index (κ2) is 10.9. The number of hydrogen-bond donors (Lipinski definition) is 1. The number of benzene rings is 1. The van der Waals surface area contributed by atoms with E-state index in [-0.39, 0.29) is 57.8 Å². The second-order valence-electron chi connectivity index (χ2n) is 10.3. The van der Waals surface area contributed by atoms with E-state index in [9.17, 15) is 17.6 Å². The van der Waals surface area contributed by atoms with Crippen LogP contribution in [0.1, 0.15) is 27.7 Å². The molecule has 2 aliphatic rings. The van der Waals surface area contributed by atoms with Crippen molar-refractivity contribution >= 4 is 27.4 Å². The smallest absolute Gasteiger partial charge is 0.410 e. The van der Waals surface area contributed by atoms with Gasteiger partial charge in [0, 0.05) is 24.9 Å². The topological polar surface area (TPSA) is 129 Å². The lowest BCUT2D eigenvalue weighted by Crippen LogP contribution is -2.59. The minimum Gasteiger partial charge on any atom is -0.489 e. The molecule has 208 valence electrons. The Morgan fingerprint density at radius 1 is 1.21 bits per heavy atom. The summed E-state index contributed by atoms with van der Waals surface area (Å²) < 4.78 is 62.0. The number of nitrogens with zero attached hydrogens (tertiary/aromatic N) is 3. The molecule has 2 aliphatic heterocycles. The molecule has 1 amide bonds. The first kappa shape index (κ1) is 27.8. The van der Waals surface area contributed by atoms with Crippen LogP contribution in [0.25, 0.3) is 0 Å². The predicted octanol–water partition coefficient (Wildman–Crippen LogP) is 3.42. The number of amides is 1. The van der Waals surface area contributed by atoms with Gasteiger partial charge < -0.3 is 29.2 Å². The number of anilines is 2. The fraction of sp³-hybridized carbons (Fsp3) is 0.560. The Bertz CT molecular complexity index is 1270. The first-order chi connectivity index (χ1) is 17.9. The summed E-state index contributed by atoms with van der Waals surface area (Å²) in [5.41, 5.74) is -0.586. The Hall–Kier alpha value is -3.19. The van der Waals surface area contributed by atoms with Crippen LogP contribution in [0.2, 0.25) is 0 Å². The molecule has 0 saturated carbocycles. The number of fused-ring (bicyclic) bond motifs is 2. The normalized spacial score (nSPS) is 21.5. The maximum absolute atomic E-state index is 14.8. The highest BCUT2D eigenvalue weighted by Crippen LogP contribution is 2.38. The first-order valence-corrected chi connectivity index (χ1v) is 14.0. The van der Waals surface area contributed by atoms with Crippen LogP contribution < -0.4 is 14.8 Å². The van der Waals surface area contributed by atoms with E-state index in [4.69, 9.17) is 18.9 Å². The largest absolute Gasteiger partial charge is 0.489 e.